The van der Waals surface area contributed by atoms with Gasteiger partial charge in [0.1, 0.15) is 0 Å². The van der Waals surface area contributed by atoms with Crippen LogP contribution in [-0.2, 0) is 21.2 Å². The molecular formula is C19H24N2O3S. The van der Waals surface area contributed by atoms with Gasteiger partial charge in [0.05, 0.1) is 24.7 Å². The van der Waals surface area contributed by atoms with Crippen molar-refractivity contribution in [3.63, 3.8) is 0 Å². The Kier molecular flexibility index (Phi) is 5.94. The Bertz CT molecular complexity index is 772. The third kappa shape index (κ3) is 5.47. The summed E-state index contributed by atoms with van der Waals surface area (Å²) in [6, 6.07) is 17.5. The molecule has 0 aliphatic carbocycles. The second-order valence-corrected chi connectivity index (χ2v) is 8.00. The first-order chi connectivity index (χ1) is 12.1. The third-order valence-electron chi connectivity index (χ3n) is 4.22. The van der Waals surface area contributed by atoms with E-state index in [1.54, 1.807) is 6.07 Å². The van der Waals surface area contributed by atoms with E-state index in [2.05, 4.69) is 9.62 Å². The minimum atomic E-state index is -3.35. The maximum atomic E-state index is 12.3. The van der Waals surface area contributed by atoms with Crippen molar-refractivity contribution in [1.29, 1.82) is 0 Å². The molecule has 1 saturated heterocycles. The molecule has 134 valence electrons. The van der Waals surface area contributed by atoms with Crippen LogP contribution >= 0.6 is 0 Å². The Labute approximate surface area is 149 Å². The molecule has 3 rings (SSSR count). The van der Waals surface area contributed by atoms with Crippen LogP contribution in [-0.4, -0.2) is 40.5 Å². The van der Waals surface area contributed by atoms with Crippen LogP contribution in [0.1, 0.15) is 12.0 Å². The van der Waals surface area contributed by atoms with E-state index in [-0.39, 0.29) is 5.75 Å². The maximum absolute atomic E-state index is 12.3. The molecule has 0 radical (unpaired) electrons. The number of aryl methyl sites for hydroxylation is 1. The van der Waals surface area contributed by atoms with Gasteiger partial charge in [0.2, 0.25) is 10.0 Å². The second kappa shape index (κ2) is 8.36. The lowest BCUT2D eigenvalue weighted by atomic mass is 10.1. The standard InChI is InChI=1S/C19H24N2O3S/c22-25(23,15-5-8-17-6-2-1-3-7-17)20-18-9-4-10-19(16-18)21-11-13-24-14-12-21/h1-4,6-7,9-10,16,20H,5,8,11-15H2. The van der Waals surface area contributed by atoms with Gasteiger partial charge in [-0.2, -0.15) is 0 Å². The molecule has 1 fully saturated rings. The molecule has 0 amide bonds. The van der Waals surface area contributed by atoms with Gasteiger partial charge in [-0.25, -0.2) is 8.42 Å². The van der Waals surface area contributed by atoms with Crippen LogP contribution in [0.25, 0.3) is 0 Å². The number of ether oxygens (including phenoxy) is 1. The van der Waals surface area contributed by atoms with Crippen molar-refractivity contribution in [2.24, 2.45) is 0 Å². The number of benzene rings is 2. The van der Waals surface area contributed by atoms with E-state index >= 15 is 0 Å². The van der Waals surface area contributed by atoms with Crippen LogP contribution in [0.15, 0.2) is 54.6 Å². The van der Waals surface area contributed by atoms with E-state index in [0.717, 1.165) is 30.8 Å². The summed E-state index contributed by atoms with van der Waals surface area (Å²) in [6.07, 6.45) is 1.36. The molecule has 5 nitrogen and oxygen atoms in total. The number of rotatable bonds is 7. The van der Waals surface area contributed by atoms with Crippen molar-refractivity contribution in [3.8, 4) is 0 Å². The minimum Gasteiger partial charge on any atom is -0.378 e. The summed E-state index contributed by atoms with van der Waals surface area (Å²) in [6.45, 7) is 3.06. The number of nitrogens with one attached hydrogen (secondary N) is 1. The Hall–Kier alpha value is -2.05. The Morgan fingerprint density at radius 3 is 2.52 bits per heavy atom. The SMILES string of the molecule is O=S(=O)(CCCc1ccccc1)Nc1cccc(N2CCOCC2)c1. The molecular weight excluding hydrogens is 336 g/mol. The molecule has 1 N–H and O–H groups in total. The van der Waals surface area contributed by atoms with Gasteiger partial charge in [-0.3, -0.25) is 4.72 Å². The number of anilines is 2. The number of morpholine rings is 1. The van der Waals surface area contributed by atoms with Crippen molar-refractivity contribution >= 4 is 21.4 Å². The highest BCUT2D eigenvalue weighted by Crippen LogP contribution is 2.21. The predicted molar refractivity (Wildman–Crippen MR) is 102 cm³/mol. The van der Waals surface area contributed by atoms with Gasteiger partial charge >= 0.3 is 0 Å². The highest BCUT2D eigenvalue weighted by Gasteiger charge is 2.14. The summed E-state index contributed by atoms with van der Waals surface area (Å²) >= 11 is 0. The quantitative estimate of drug-likeness (QED) is 0.825. The lowest BCUT2D eigenvalue weighted by molar-refractivity contribution is 0.122. The molecule has 2 aromatic carbocycles. The zero-order valence-electron chi connectivity index (χ0n) is 14.2. The molecule has 1 aliphatic rings. The molecule has 0 bridgehead atoms. The summed E-state index contributed by atoms with van der Waals surface area (Å²) in [5, 5.41) is 0. The molecule has 1 heterocycles. The molecule has 0 saturated carbocycles. The van der Waals surface area contributed by atoms with E-state index in [0.29, 0.717) is 25.3 Å². The van der Waals surface area contributed by atoms with Crippen LogP contribution in [0.5, 0.6) is 0 Å². The fourth-order valence-electron chi connectivity index (χ4n) is 2.93. The van der Waals surface area contributed by atoms with E-state index < -0.39 is 10.0 Å². The van der Waals surface area contributed by atoms with Gasteiger partial charge in [-0.1, -0.05) is 36.4 Å². The maximum Gasteiger partial charge on any atom is 0.232 e. The van der Waals surface area contributed by atoms with Gasteiger partial charge in [-0.05, 0) is 36.6 Å². The largest absolute Gasteiger partial charge is 0.378 e. The lowest BCUT2D eigenvalue weighted by Gasteiger charge is -2.29. The van der Waals surface area contributed by atoms with Crippen LogP contribution in [0.2, 0.25) is 0 Å². The number of hydrogen-bond acceptors (Lipinski definition) is 4. The molecule has 2 aromatic rings. The molecule has 25 heavy (non-hydrogen) atoms. The van der Waals surface area contributed by atoms with Crippen LogP contribution in [0, 0.1) is 0 Å². The first-order valence-electron chi connectivity index (χ1n) is 8.60. The average Bonchev–Trinajstić information content (AvgIpc) is 2.63. The molecule has 0 unspecified atom stereocenters. The Morgan fingerprint density at radius 2 is 1.76 bits per heavy atom. The predicted octanol–water partition coefficient (Wildman–Crippen LogP) is 2.90. The highest BCUT2D eigenvalue weighted by atomic mass is 32.2. The Balaban J connectivity index is 1.56. The van der Waals surface area contributed by atoms with Crippen molar-refractivity contribution in [1.82, 2.24) is 0 Å². The van der Waals surface area contributed by atoms with Gasteiger partial charge in [-0.15, -0.1) is 0 Å². The number of nitrogens with zero attached hydrogens (tertiary/aromatic N) is 1. The normalized spacial score (nSPS) is 15.1. The monoisotopic (exact) mass is 360 g/mol. The van der Waals surface area contributed by atoms with Crippen LogP contribution in [0.4, 0.5) is 11.4 Å². The summed E-state index contributed by atoms with van der Waals surface area (Å²) in [5.74, 6) is 0.115. The van der Waals surface area contributed by atoms with E-state index in [4.69, 9.17) is 4.74 Å². The van der Waals surface area contributed by atoms with Crippen molar-refractivity contribution in [3.05, 3.63) is 60.2 Å². The van der Waals surface area contributed by atoms with E-state index in [1.807, 2.05) is 48.5 Å². The zero-order valence-corrected chi connectivity index (χ0v) is 15.0. The topological polar surface area (TPSA) is 58.6 Å². The first-order valence-corrected chi connectivity index (χ1v) is 10.2. The summed E-state index contributed by atoms with van der Waals surface area (Å²) < 4.78 is 32.7. The molecule has 0 spiro atoms. The number of hydrogen-bond donors (Lipinski definition) is 1. The highest BCUT2D eigenvalue weighted by molar-refractivity contribution is 7.92. The van der Waals surface area contributed by atoms with Gasteiger partial charge in [0.15, 0.2) is 0 Å². The third-order valence-corrected chi connectivity index (χ3v) is 5.59. The number of sulfonamides is 1. The minimum absolute atomic E-state index is 0.115. The fourth-order valence-corrected chi connectivity index (χ4v) is 4.04. The van der Waals surface area contributed by atoms with E-state index in [1.165, 1.54) is 0 Å². The summed E-state index contributed by atoms with van der Waals surface area (Å²) in [7, 11) is -3.35. The van der Waals surface area contributed by atoms with Crippen molar-refractivity contribution in [2.45, 2.75) is 12.8 Å². The molecule has 6 heteroatoms. The van der Waals surface area contributed by atoms with Crippen LogP contribution < -0.4 is 9.62 Å². The van der Waals surface area contributed by atoms with Gasteiger partial charge in [0, 0.05) is 18.8 Å². The molecule has 1 aliphatic heterocycles. The van der Waals surface area contributed by atoms with Crippen molar-refractivity contribution < 1.29 is 13.2 Å². The summed E-state index contributed by atoms with van der Waals surface area (Å²) in [4.78, 5) is 2.21. The average molecular weight is 360 g/mol. The zero-order chi connectivity index (χ0) is 17.5. The smallest absolute Gasteiger partial charge is 0.232 e. The fraction of sp³-hybridized carbons (Fsp3) is 0.368. The molecule has 0 atom stereocenters. The lowest BCUT2D eigenvalue weighted by Crippen LogP contribution is -2.36. The van der Waals surface area contributed by atoms with Gasteiger partial charge in [0.25, 0.3) is 0 Å². The van der Waals surface area contributed by atoms with Gasteiger partial charge < -0.3 is 9.64 Å². The first kappa shape index (κ1) is 17.8. The molecule has 0 aromatic heterocycles. The Morgan fingerprint density at radius 1 is 1.00 bits per heavy atom. The summed E-state index contributed by atoms with van der Waals surface area (Å²) in [5.41, 5.74) is 2.79. The second-order valence-electron chi connectivity index (χ2n) is 6.16. The van der Waals surface area contributed by atoms with E-state index in [9.17, 15) is 8.42 Å². The van der Waals surface area contributed by atoms with Crippen LogP contribution in [0.3, 0.4) is 0 Å². The van der Waals surface area contributed by atoms with Crippen molar-refractivity contribution in [2.75, 3.05) is 41.7 Å².